The van der Waals surface area contributed by atoms with Crippen LogP contribution in [0.2, 0.25) is 5.02 Å². The predicted octanol–water partition coefficient (Wildman–Crippen LogP) is 4.81. The molecular formula is C23H26ClN3O4S. The molecule has 0 saturated heterocycles. The molecule has 0 spiro atoms. The molecule has 3 rings (SSSR count). The maximum absolute atomic E-state index is 12.1. The molecule has 170 valence electrons. The Bertz CT molecular complexity index is 1040. The molecule has 1 aliphatic heterocycles. The molecule has 9 heteroatoms. The summed E-state index contributed by atoms with van der Waals surface area (Å²) >= 11 is 7.48. The number of thioether (sulfide) groups is 1. The molecule has 1 heterocycles. The zero-order chi connectivity index (χ0) is 23.3. The van der Waals surface area contributed by atoms with Gasteiger partial charge in [0, 0.05) is 30.9 Å². The number of halogens is 1. The molecule has 7 nitrogen and oxygen atoms in total. The molecule has 0 saturated carbocycles. The predicted molar refractivity (Wildman–Crippen MR) is 127 cm³/mol. The average Bonchev–Trinajstić information content (AvgIpc) is 3.14. The van der Waals surface area contributed by atoms with Crippen molar-refractivity contribution in [1.29, 1.82) is 0 Å². The fourth-order valence-corrected chi connectivity index (χ4v) is 4.38. The van der Waals surface area contributed by atoms with Crippen molar-refractivity contribution in [3.63, 3.8) is 0 Å². The van der Waals surface area contributed by atoms with E-state index in [1.807, 2.05) is 18.2 Å². The van der Waals surface area contributed by atoms with Crippen molar-refractivity contribution in [1.82, 2.24) is 10.3 Å². The summed E-state index contributed by atoms with van der Waals surface area (Å²) in [6.45, 7) is 7.87. The molecule has 2 aromatic carbocycles. The summed E-state index contributed by atoms with van der Waals surface area (Å²) in [5.74, 6) is 0.924. The van der Waals surface area contributed by atoms with Crippen LogP contribution in [-0.2, 0) is 9.59 Å². The minimum absolute atomic E-state index is 0.254. The van der Waals surface area contributed by atoms with Gasteiger partial charge in [-0.25, -0.2) is 5.01 Å². The standard InChI is InChI=1S/C23H26ClN3O4S/c1-14-6-8-19(12-15(14)2)30-10-5-11-31-21-9-7-18(24)13-20(21)22-27(17(4)29)26-23(32-22)25-16(3)28/h6-9,12-13,22H,5,10-11H2,1-4H3,(H,25,26,28). The smallest absolute Gasteiger partial charge is 0.241 e. The summed E-state index contributed by atoms with van der Waals surface area (Å²) in [5.41, 5.74) is 3.12. The van der Waals surface area contributed by atoms with E-state index in [1.165, 1.54) is 41.7 Å². The van der Waals surface area contributed by atoms with Crippen molar-refractivity contribution in [2.24, 2.45) is 5.10 Å². The first-order valence-electron chi connectivity index (χ1n) is 10.2. The van der Waals surface area contributed by atoms with Crippen molar-refractivity contribution < 1.29 is 19.1 Å². The monoisotopic (exact) mass is 475 g/mol. The van der Waals surface area contributed by atoms with Crippen LogP contribution in [0.25, 0.3) is 0 Å². The Balaban J connectivity index is 1.64. The zero-order valence-electron chi connectivity index (χ0n) is 18.5. The van der Waals surface area contributed by atoms with Gasteiger partial charge in [0.05, 0.1) is 13.2 Å². The van der Waals surface area contributed by atoms with Gasteiger partial charge in [0.2, 0.25) is 11.8 Å². The SMILES string of the molecule is CC(=O)NC1=NN(C(C)=O)C(c2cc(Cl)ccc2OCCCOc2ccc(C)c(C)c2)S1. The molecule has 1 atom stereocenters. The van der Waals surface area contributed by atoms with Crippen LogP contribution >= 0.6 is 23.4 Å². The second-order valence-electron chi connectivity index (χ2n) is 7.40. The van der Waals surface area contributed by atoms with Crippen LogP contribution in [0.3, 0.4) is 0 Å². The molecule has 1 unspecified atom stereocenters. The van der Waals surface area contributed by atoms with Crippen LogP contribution in [0.15, 0.2) is 41.5 Å². The Morgan fingerprint density at radius 1 is 1.09 bits per heavy atom. The Kier molecular flexibility index (Phi) is 8.04. The van der Waals surface area contributed by atoms with E-state index in [0.717, 1.165) is 5.75 Å². The van der Waals surface area contributed by atoms with E-state index in [2.05, 4.69) is 24.3 Å². The normalized spacial score (nSPS) is 15.3. The largest absolute Gasteiger partial charge is 0.493 e. The number of rotatable bonds is 7. The van der Waals surface area contributed by atoms with Crippen molar-refractivity contribution >= 4 is 40.3 Å². The summed E-state index contributed by atoms with van der Waals surface area (Å²) in [4.78, 5) is 23.6. The number of amidine groups is 1. The van der Waals surface area contributed by atoms with E-state index in [4.69, 9.17) is 21.1 Å². The number of aryl methyl sites for hydroxylation is 2. The first-order chi connectivity index (χ1) is 15.2. The van der Waals surface area contributed by atoms with Gasteiger partial charge < -0.3 is 14.8 Å². The minimum Gasteiger partial charge on any atom is -0.493 e. The fraction of sp³-hybridized carbons (Fsp3) is 0.348. The lowest BCUT2D eigenvalue weighted by Crippen LogP contribution is -2.25. The third kappa shape index (κ3) is 6.17. The van der Waals surface area contributed by atoms with Gasteiger partial charge in [-0.15, -0.1) is 5.10 Å². The molecule has 0 aromatic heterocycles. The number of carbonyl (C=O) groups excluding carboxylic acids is 2. The van der Waals surface area contributed by atoms with E-state index in [1.54, 1.807) is 18.2 Å². The Morgan fingerprint density at radius 2 is 1.84 bits per heavy atom. The van der Waals surface area contributed by atoms with Gasteiger partial charge in [-0.1, -0.05) is 29.4 Å². The number of nitrogens with zero attached hydrogens (tertiary/aromatic N) is 2. The first-order valence-corrected chi connectivity index (χ1v) is 11.5. The highest BCUT2D eigenvalue weighted by molar-refractivity contribution is 8.14. The number of amides is 2. The molecule has 32 heavy (non-hydrogen) atoms. The first kappa shape index (κ1) is 23.9. The van der Waals surface area contributed by atoms with Crippen molar-refractivity contribution in [2.75, 3.05) is 13.2 Å². The molecule has 0 aliphatic carbocycles. The number of hydrogen-bond donors (Lipinski definition) is 1. The maximum Gasteiger partial charge on any atom is 0.241 e. The maximum atomic E-state index is 12.1. The second-order valence-corrected chi connectivity index (χ2v) is 8.90. The summed E-state index contributed by atoms with van der Waals surface area (Å²) in [6.07, 6.45) is 0.677. The summed E-state index contributed by atoms with van der Waals surface area (Å²) in [7, 11) is 0. The van der Waals surface area contributed by atoms with E-state index >= 15 is 0 Å². The third-order valence-corrected chi connectivity index (χ3v) is 6.10. The molecular weight excluding hydrogens is 450 g/mol. The van der Waals surface area contributed by atoms with Crippen LogP contribution in [0, 0.1) is 13.8 Å². The molecule has 2 amide bonds. The molecule has 2 aromatic rings. The van der Waals surface area contributed by atoms with Crippen molar-refractivity contribution in [2.45, 2.75) is 39.5 Å². The van der Waals surface area contributed by atoms with Crippen molar-refractivity contribution in [3.8, 4) is 11.5 Å². The van der Waals surface area contributed by atoms with Gasteiger partial charge in [-0.05, 0) is 55.3 Å². The second kappa shape index (κ2) is 10.7. The Hall–Kier alpha value is -2.71. The lowest BCUT2D eigenvalue weighted by Gasteiger charge is -2.22. The summed E-state index contributed by atoms with van der Waals surface area (Å²) in [5, 5.41) is 8.55. The van der Waals surface area contributed by atoms with Crippen LogP contribution < -0.4 is 14.8 Å². The minimum atomic E-state index is -0.491. The van der Waals surface area contributed by atoms with Gasteiger partial charge >= 0.3 is 0 Å². The van der Waals surface area contributed by atoms with E-state index in [9.17, 15) is 9.59 Å². The average molecular weight is 476 g/mol. The van der Waals surface area contributed by atoms with E-state index < -0.39 is 5.37 Å². The molecule has 0 fully saturated rings. The quantitative estimate of drug-likeness (QED) is 0.581. The number of benzene rings is 2. The highest BCUT2D eigenvalue weighted by Crippen LogP contribution is 2.43. The van der Waals surface area contributed by atoms with Crippen LogP contribution in [-0.4, -0.2) is 35.2 Å². The molecule has 1 N–H and O–H groups in total. The highest BCUT2D eigenvalue weighted by Gasteiger charge is 2.34. The lowest BCUT2D eigenvalue weighted by atomic mass is 10.1. The van der Waals surface area contributed by atoms with Crippen LogP contribution in [0.5, 0.6) is 11.5 Å². The van der Waals surface area contributed by atoms with E-state index in [0.29, 0.717) is 41.1 Å². The molecule has 0 radical (unpaired) electrons. The van der Waals surface area contributed by atoms with E-state index in [-0.39, 0.29) is 11.8 Å². The van der Waals surface area contributed by atoms with Gasteiger partial charge in [0.1, 0.15) is 16.9 Å². The highest BCUT2D eigenvalue weighted by atomic mass is 35.5. The fourth-order valence-electron chi connectivity index (χ4n) is 3.04. The number of carbonyl (C=O) groups is 2. The summed E-state index contributed by atoms with van der Waals surface area (Å²) in [6, 6.07) is 11.3. The Morgan fingerprint density at radius 3 is 2.53 bits per heavy atom. The Labute approximate surface area is 197 Å². The van der Waals surface area contributed by atoms with Gasteiger partial charge in [0.25, 0.3) is 0 Å². The molecule has 0 bridgehead atoms. The number of nitrogens with one attached hydrogen (secondary N) is 1. The lowest BCUT2D eigenvalue weighted by molar-refractivity contribution is -0.129. The van der Waals surface area contributed by atoms with Gasteiger partial charge in [-0.3, -0.25) is 9.59 Å². The number of ether oxygens (including phenoxy) is 2. The van der Waals surface area contributed by atoms with Crippen LogP contribution in [0.4, 0.5) is 0 Å². The van der Waals surface area contributed by atoms with Gasteiger partial charge in [-0.2, -0.15) is 0 Å². The third-order valence-electron chi connectivity index (χ3n) is 4.78. The molecule has 1 aliphatic rings. The van der Waals surface area contributed by atoms with Crippen LogP contribution in [0.1, 0.15) is 42.3 Å². The topological polar surface area (TPSA) is 80.2 Å². The summed E-state index contributed by atoms with van der Waals surface area (Å²) < 4.78 is 11.8. The van der Waals surface area contributed by atoms with Crippen molar-refractivity contribution in [3.05, 3.63) is 58.1 Å². The zero-order valence-corrected chi connectivity index (χ0v) is 20.0. The van der Waals surface area contributed by atoms with Gasteiger partial charge in [0.15, 0.2) is 5.17 Å². The number of hydrogen-bond acceptors (Lipinski definition) is 6. The number of hydrazone groups is 1.